The van der Waals surface area contributed by atoms with E-state index in [1.165, 1.54) is 6.92 Å². The average Bonchev–Trinajstić information content (AvgIpc) is 1.21. The highest BCUT2D eigenvalue weighted by Gasteiger charge is 2.02. The Morgan fingerprint density at radius 3 is 2.00 bits per heavy atom. The van der Waals surface area contributed by atoms with Crippen LogP contribution in [0, 0.1) is 0 Å². The third-order valence-electron chi connectivity index (χ3n) is 0.385. The number of aliphatic hydroxyl groups is 1. The van der Waals surface area contributed by atoms with Crippen LogP contribution in [-0.2, 0) is 10.0 Å². The molecule has 0 amide bonds. The molecule has 0 spiro atoms. The largest absolute Gasteiger partial charge is 0.378 e. The van der Waals surface area contributed by atoms with Gasteiger partial charge in [0.1, 0.15) is 6.23 Å². The molecular weight excluding hydrogens is 130 g/mol. The summed E-state index contributed by atoms with van der Waals surface area (Å²) in [6.07, 6.45) is -0.00954. The van der Waals surface area contributed by atoms with E-state index in [9.17, 15) is 8.42 Å². The van der Waals surface area contributed by atoms with E-state index >= 15 is 0 Å². The van der Waals surface area contributed by atoms with Gasteiger partial charge in [-0.1, -0.05) is 0 Å². The standard InChI is InChI=1S/C3H9NO3S/c1-3(5)4-8(2,6)7/h3-5H,1-2H3. The SMILES string of the molecule is CC(O)NS(C)(=O)=O. The third kappa shape index (κ3) is 5.87. The topological polar surface area (TPSA) is 66.4 Å². The quantitative estimate of drug-likeness (QED) is 0.476. The molecule has 0 rings (SSSR count). The van der Waals surface area contributed by atoms with Crippen molar-refractivity contribution in [2.45, 2.75) is 13.2 Å². The molecule has 0 heterocycles. The number of hydrogen-bond acceptors (Lipinski definition) is 3. The van der Waals surface area contributed by atoms with E-state index in [1.807, 2.05) is 4.72 Å². The van der Waals surface area contributed by atoms with Gasteiger partial charge in [-0.05, 0) is 6.92 Å². The van der Waals surface area contributed by atoms with Crippen LogP contribution in [0.25, 0.3) is 0 Å². The minimum Gasteiger partial charge on any atom is -0.378 e. The highest BCUT2D eigenvalue weighted by atomic mass is 32.2. The number of aliphatic hydroxyl groups excluding tert-OH is 1. The van der Waals surface area contributed by atoms with E-state index in [0.29, 0.717) is 0 Å². The van der Waals surface area contributed by atoms with Crippen molar-refractivity contribution >= 4 is 10.0 Å². The van der Waals surface area contributed by atoms with Gasteiger partial charge in [0, 0.05) is 0 Å². The van der Waals surface area contributed by atoms with E-state index in [0.717, 1.165) is 6.26 Å². The minimum absolute atomic E-state index is 0.986. The first kappa shape index (κ1) is 7.87. The molecule has 1 atom stereocenters. The van der Waals surface area contributed by atoms with Crippen LogP contribution in [0.4, 0.5) is 0 Å². The Morgan fingerprint density at radius 1 is 1.62 bits per heavy atom. The predicted octanol–water partition coefficient (Wildman–Crippen LogP) is -1.13. The van der Waals surface area contributed by atoms with Gasteiger partial charge in [0.05, 0.1) is 6.26 Å². The zero-order chi connectivity index (χ0) is 6.78. The lowest BCUT2D eigenvalue weighted by atomic mass is 10.7. The normalized spacial score (nSPS) is 15.9. The zero-order valence-corrected chi connectivity index (χ0v) is 5.57. The van der Waals surface area contributed by atoms with Crippen LogP contribution in [0.1, 0.15) is 6.92 Å². The zero-order valence-electron chi connectivity index (χ0n) is 4.75. The molecule has 0 radical (unpaired) electrons. The molecule has 0 fully saturated rings. The lowest BCUT2D eigenvalue weighted by molar-refractivity contribution is 0.184. The van der Waals surface area contributed by atoms with E-state index in [4.69, 9.17) is 5.11 Å². The summed E-state index contributed by atoms with van der Waals surface area (Å²) in [7, 11) is -3.22. The van der Waals surface area contributed by atoms with Crippen LogP contribution in [0.3, 0.4) is 0 Å². The van der Waals surface area contributed by atoms with E-state index in [2.05, 4.69) is 0 Å². The number of sulfonamides is 1. The van der Waals surface area contributed by atoms with Crippen LogP contribution < -0.4 is 4.72 Å². The first-order valence-corrected chi connectivity index (χ1v) is 3.96. The number of nitrogens with one attached hydrogen (secondary N) is 1. The smallest absolute Gasteiger partial charge is 0.210 e. The molecular formula is C3H9NO3S. The number of hydrogen-bond donors (Lipinski definition) is 2. The lowest BCUT2D eigenvalue weighted by Crippen LogP contribution is -2.30. The van der Waals surface area contributed by atoms with E-state index in [-0.39, 0.29) is 0 Å². The molecule has 0 aliphatic heterocycles. The van der Waals surface area contributed by atoms with Crippen LogP contribution in [0.2, 0.25) is 0 Å². The summed E-state index contributed by atoms with van der Waals surface area (Å²) >= 11 is 0. The van der Waals surface area contributed by atoms with Crippen LogP contribution >= 0.6 is 0 Å². The molecule has 1 unspecified atom stereocenters. The molecule has 0 aromatic rings. The summed E-state index contributed by atoms with van der Waals surface area (Å²) in [6.45, 7) is 1.33. The average molecular weight is 139 g/mol. The van der Waals surface area contributed by atoms with Crippen molar-refractivity contribution < 1.29 is 13.5 Å². The van der Waals surface area contributed by atoms with Crippen molar-refractivity contribution in [1.82, 2.24) is 4.72 Å². The molecule has 0 aromatic heterocycles. The molecule has 2 N–H and O–H groups in total. The third-order valence-corrected chi connectivity index (χ3v) is 1.15. The Bertz CT molecular complexity index is 148. The summed E-state index contributed by atoms with van der Waals surface area (Å²) in [4.78, 5) is 0. The molecule has 0 aliphatic rings. The Hall–Kier alpha value is -0.130. The maximum atomic E-state index is 10.2. The van der Waals surface area contributed by atoms with Gasteiger partial charge in [-0.25, -0.2) is 8.42 Å². The molecule has 50 valence electrons. The van der Waals surface area contributed by atoms with Gasteiger partial charge < -0.3 is 5.11 Å². The van der Waals surface area contributed by atoms with E-state index < -0.39 is 16.3 Å². The van der Waals surface area contributed by atoms with Gasteiger partial charge in [-0.15, -0.1) is 0 Å². The molecule has 0 aliphatic carbocycles. The van der Waals surface area contributed by atoms with Crippen LogP contribution in [0.15, 0.2) is 0 Å². The Morgan fingerprint density at radius 2 is 2.00 bits per heavy atom. The van der Waals surface area contributed by atoms with E-state index in [1.54, 1.807) is 0 Å². The second kappa shape index (κ2) is 2.43. The molecule has 8 heavy (non-hydrogen) atoms. The van der Waals surface area contributed by atoms with Crippen molar-refractivity contribution in [2.75, 3.05) is 6.26 Å². The fourth-order valence-corrected chi connectivity index (χ4v) is 0.929. The van der Waals surface area contributed by atoms with Gasteiger partial charge in [-0.3, -0.25) is 0 Å². The second-order valence-corrected chi connectivity index (χ2v) is 3.35. The monoisotopic (exact) mass is 139 g/mol. The molecule has 4 nitrogen and oxygen atoms in total. The Labute approximate surface area is 48.6 Å². The fraction of sp³-hybridized carbons (Fsp3) is 1.00. The van der Waals surface area contributed by atoms with Gasteiger partial charge >= 0.3 is 0 Å². The second-order valence-electron chi connectivity index (χ2n) is 1.57. The van der Waals surface area contributed by atoms with Crippen molar-refractivity contribution in [1.29, 1.82) is 0 Å². The first-order valence-electron chi connectivity index (χ1n) is 2.07. The number of rotatable bonds is 2. The summed E-state index contributed by atoms with van der Waals surface area (Å²) < 4.78 is 22.3. The Kier molecular flexibility index (Phi) is 2.39. The highest BCUT2D eigenvalue weighted by Crippen LogP contribution is 1.76. The molecule has 5 heteroatoms. The van der Waals surface area contributed by atoms with Crippen molar-refractivity contribution in [3.05, 3.63) is 0 Å². The summed E-state index contributed by atoms with van der Waals surface area (Å²) in [5.74, 6) is 0. The maximum absolute atomic E-state index is 10.2. The lowest BCUT2D eigenvalue weighted by Gasteiger charge is -2.01. The van der Waals surface area contributed by atoms with Crippen molar-refractivity contribution in [3.8, 4) is 0 Å². The molecule has 0 saturated heterocycles. The van der Waals surface area contributed by atoms with Gasteiger partial charge in [0.15, 0.2) is 0 Å². The fourth-order valence-electron chi connectivity index (χ4n) is 0.310. The molecule has 0 bridgehead atoms. The van der Waals surface area contributed by atoms with Gasteiger partial charge in [0.2, 0.25) is 10.0 Å². The molecule has 0 saturated carbocycles. The maximum Gasteiger partial charge on any atom is 0.210 e. The van der Waals surface area contributed by atoms with Gasteiger partial charge in [0.25, 0.3) is 0 Å². The van der Waals surface area contributed by atoms with Crippen molar-refractivity contribution in [2.24, 2.45) is 0 Å². The minimum atomic E-state index is -3.22. The Balaban J connectivity index is 3.75. The summed E-state index contributed by atoms with van der Waals surface area (Å²) in [6, 6.07) is 0. The summed E-state index contributed by atoms with van der Waals surface area (Å²) in [5, 5.41) is 8.40. The summed E-state index contributed by atoms with van der Waals surface area (Å²) in [5.41, 5.74) is 0. The molecule has 0 aromatic carbocycles. The van der Waals surface area contributed by atoms with Crippen LogP contribution in [0.5, 0.6) is 0 Å². The van der Waals surface area contributed by atoms with Crippen molar-refractivity contribution in [3.63, 3.8) is 0 Å². The first-order chi connectivity index (χ1) is 3.42. The van der Waals surface area contributed by atoms with Crippen LogP contribution in [-0.4, -0.2) is 26.0 Å². The predicted molar refractivity (Wildman–Crippen MR) is 29.7 cm³/mol. The highest BCUT2D eigenvalue weighted by molar-refractivity contribution is 7.88. The van der Waals surface area contributed by atoms with Gasteiger partial charge in [-0.2, -0.15) is 4.72 Å².